The summed E-state index contributed by atoms with van der Waals surface area (Å²) in [5.41, 5.74) is 1.24. The average molecular weight is 616 g/mol. The Balaban J connectivity index is 1.80. The van der Waals surface area contributed by atoms with Crippen LogP contribution in [0.4, 0.5) is 16.2 Å². The van der Waals surface area contributed by atoms with E-state index in [1.807, 2.05) is 49.3 Å². The van der Waals surface area contributed by atoms with Gasteiger partial charge in [0.2, 0.25) is 11.8 Å². The molecule has 1 unspecified atom stereocenters. The molecule has 0 aliphatic carbocycles. The van der Waals surface area contributed by atoms with Crippen LogP contribution in [0, 0.1) is 0 Å². The van der Waals surface area contributed by atoms with Gasteiger partial charge in [0, 0.05) is 36.3 Å². The third-order valence-electron chi connectivity index (χ3n) is 6.05. The molecule has 224 valence electrons. The number of carbonyl (C=O) groups excluding carboxylic acids is 2. The molecule has 0 bridgehead atoms. The molecule has 0 aliphatic heterocycles. The van der Waals surface area contributed by atoms with Crippen molar-refractivity contribution in [3.63, 3.8) is 0 Å². The molecule has 0 aromatic heterocycles. The summed E-state index contributed by atoms with van der Waals surface area (Å²) in [5, 5.41) is 17.3. The number of carboxylic acid groups (broad SMARTS) is 1. The first-order chi connectivity index (χ1) is 19.9. The summed E-state index contributed by atoms with van der Waals surface area (Å²) in [6.07, 6.45) is -1.15. The standard InChI is InChI=1S/C29H34ClN5O6S/c1-34(2)15-14-31-28(37)20-35(25-12-6-10-22(30)17-25)42(40,41)26-13-7-11-23(18-26)32-27(36)19-24(33-29(38)39)16-21-8-4-3-5-9-21/h3-13,17-18,24,33H,14-16,19-20H2,1-2H3,(H,31,37)(H,32,36)(H,38,39). The van der Waals surface area contributed by atoms with Gasteiger partial charge in [-0.1, -0.05) is 54.1 Å². The summed E-state index contributed by atoms with van der Waals surface area (Å²) in [6.45, 7) is 0.416. The van der Waals surface area contributed by atoms with Gasteiger partial charge in [-0.3, -0.25) is 13.9 Å². The van der Waals surface area contributed by atoms with Crippen molar-refractivity contribution in [2.24, 2.45) is 0 Å². The summed E-state index contributed by atoms with van der Waals surface area (Å²) in [7, 11) is -0.575. The van der Waals surface area contributed by atoms with Gasteiger partial charge in [-0.25, -0.2) is 13.2 Å². The van der Waals surface area contributed by atoms with E-state index in [1.165, 1.54) is 36.4 Å². The fourth-order valence-electron chi connectivity index (χ4n) is 4.10. The molecule has 0 heterocycles. The third kappa shape index (κ3) is 10.1. The molecule has 3 amide bonds. The van der Waals surface area contributed by atoms with Crippen molar-refractivity contribution in [1.82, 2.24) is 15.5 Å². The minimum atomic E-state index is -4.28. The predicted molar refractivity (Wildman–Crippen MR) is 162 cm³/mol. The summed E-state index contributed by atoms with van der Waals surface area (Å²) >= 11 is 6.13. The summed E-state index contributed by atoms with van der Waals surface area (Å²) in [5.74, 6) is -1.01. The first-order valence-electron chi connectivity index (χ1n) is 13.1. The first-order valence-corrected chi connectivity index (χ1v) is 14.9. The van der Waals surface area contributed by atoms with Gasteiger partial charge < -0.3 is 26.0 Å². The van der Waals surface area contributed by atoms with Crippen molar-refractivity contribution < 1.29 is 27.9 Å². The van der Waals surface area contributed by atoms with Crippen LogP contribution in [-0.2, 0) is 26.0 Å². The largest absolute Gasteiger partial charge is 0.465 e. The lowest BCUT2D eigenvalue weighted by atomic mass is 10.0. The number of carbonyl (C=O) groups is 3. The maximum Gasteiger partial charge on any atom is 0.404 e. The molecule has 4 N–H and O–H groups in total. The number of halogens is 1. The van der Waals surface area contributed by atoms with Gasteiger partial charge in [-0.15, -0.1) is 0 Å². The van der Waals surface area contributed by atoms with E-state index in [2.05, 4.69) is 16.0 Å². The molecule has 3 aromatic rings. The van der Waals surface area contributed by atoms with Crippen LogP contribution in [0.2, 0.25) is 5.02 Å². The van der Waals surface area contributed by atoms with E-state index < -0.39 is 40.5 Å². The van der Waals surface area contributed by atoms with Gasteiger partial charge in [0.15, 0.2) is 0 Å². The number of sulfonamides is 1. The van der Waals surface area contributed by atoms with Crippen LogP contribution in [-0.4, -0.2) is 76.1 Å². The number of hydrogen-bond acceptors (Lipinski definition) is 6. The number of anilines is 2. The van der Waals surface area contributed by atoms with Crippen LogP contribution < -0.4 is 20.3 Å². The normalized spacial score (nSPS) is 11.9. The van der Waals surface area contributed by atoms with E-state index >= 15 is 0 Å². The van der Waals surface area contributed by atoms with E-state index in [0.29, 0.717) is 24.5 Å². The maximum atomic E-state index is 13.8. The average Bonchev–Trinajstić information content (AvgIpc) is 2.91. The van der Waals surface area contributed by atoms with Gasteiger partial charge in [0.05, 0.1) is 10.6 Å². The van der Waals surface area contributed by atoms with E-state index in [-0.39, 0.29) is 22.7 Å². The quantitative estimate of drug-likeness (QED) is 0.217. The number of likely N-dealkylation sites (N-methyl/N-ethyl adjacent to an activating group) is 1. The maximum absolute atomic E-state index is 13.8. The highest BCUT2D eigenvalue weighted by Crippen LogP contribution is 2.27. The number of amides is 3. The molecule has 11 nitrogen and oxygen atoms in total. The van der Waals surface area contributed by atoms with Crippen LogP contribution >= 0.6 is 11.6 Å². The van der Waals surface area contributed by atoms with Crippen LogP contribution in [0.1, 0.15) is 12.0 Å². The van der Waals surface area contributed by atoms with Crippen LogP contribution in [0.5, 0.6) is 0 Å². The minimum Gasteiger partial charge on any atom is -0.465 e. The van der Waals surface area contributed by atoms with E-state index in [1.54, 1.807) is 12.1 Å². The third-order valence-corrected chi connectivity index (χ3v) is 8.06. The highest BCUT2D eigenvalue weighted by atomic mass is 35.5. The highest BCUT2D eigenvalue weighted by Gasteiger charge is 2.28. The summed E-state index contributed by atoms with van der Waals surface area (Å²) in [4.78, 5) is 38.6. The zero-order valence-electron chi connectivity index (χ0n) is 23.3. The monoisotopic (exact) mass is 615 g/mol. The molecule has 3 rings (SSSR count). The number of nitrogens with one attached hydrogen (secondary N) is 3. The molecule has 0 radical (unpaired) electrons. The van der Waals surface area contributed by atoms with Crippen LogP contribution in [0.3, 0.4) is 0 Å². The van der Waals surface area contributed by atoms with E-state index in [4.69, 9.17) is 11.6 Å². The van der Waals surface area contributed by atoms with Gasteiger partial charge in [-0.05, 0) is 62.5 Å². The highest BCUT2D eigenvalue weighted by molar-refractivity contribution is 7.92. The number of rotatable bonds is 14. The van der Waals surface area contributed by atoms with Crippen LogP contribution in [0.15, 0.2) is 83.8 Å². The molecule has 0 fully saturated rings. The molecule has 1 atom stereocenters. The number of benzene rings is 3. The fourth-order valence-corrected chi connectivity index (χ4v) is 5.74. The number of hydrogen-bond donors (Lipinski definition) is 4. The lowest BCUT2D eigenvalue weighted by molar-refractivity contribution is -0.119. The van der Waals surface area contributed by atoms with Crippen molar-refractivity contribution in [2.45, 2.75) is 23.8 Å². The Labute approximate surface area is 250 Å². The lowest BCUT2D eigenvalue weighted by Crippen LogP contribution is -2.42. The zero-order valence-corrected chi connectivity index (χ0v) is 24.9. The Hall–Kier alpha value is -4.13. The molecular weight excluding hydrogens is 582 g/mol. The second-order valence-corrected chi connectivity index (χ2v) is 12.1. The molecule has 0 saturated carbocycles. The zero-order chi connectivity index (χ0) is 30.7. The van der Waals surface area contributed by atoms with Crippen LogP contribution in [0.25, 0.3) is 0 Å². The minimum absolute atomic E-state index is 0.161. The van der Waals surface area contributed by atoms with Gasteiger partial charge in [0.25, 0.3) is 10.0 Å². The molecule has 0 aliphatic rings. The van der Waals surface area contributed by atoms with Crippen molar-refractivity contribution in [2.75, 3.05) is 43.4 Å². The molecule has 3 aromatic carbocycles. The Kier molecular flexibility index (Phi) is 11.7. The van der Waals surface area contributed by atoms with E-state index in [9.17, 15) is 27.9 Å². The van der Waals surface area contributed by atoms with Crippen molar-refractivity contribution in [1.29, 1.82) is 0 Å². The summed E-state index contributed by atoms with van der Waals surface area (Å²) < 4.78 is 28.6. The molecule has 13 heteroatoms. The smallest absolute Gasteiger partial charge is 0.404 e. The summed E-state index contributed by atoms with van der Waals surface area (Å²) in [6, 6.07) is 20.2. The Morgan fingerprint density at radius 2 is 1.64 bits per heavy atom. The molecular formula is C29H34ClN5O6S. The lowest BCUT2D eigenvalue weighted by Gasteiger charge is -2.25. The SMILES string of the molecule is CN(C)CCNC(=O)CN(c1cccc(Cl)c1)S(=O)(=O)c1cccc(NC(=O)CC(Cc2ccccc2)NC(=O)O)c1. The Morgan fingerprint density at radius 3 is 2.31 bits per heavy atom. The number of nitrogens with zero attached hydrogens (tertiary/aromatic N) is 2. The topological polar surface area (TPSA) is 148 Å². The molecule has 0 spiro atoms. The predicted octanol–water partition coefficient (Wildman–Crippen LogP) is 3.42. The molecule has 42 heavy (non-hydrogen) atoms. The van der Waals surface area contributed by atoms with Gasteiger partial charge >= 0.3 is 6.09 Å². The van der Waals surface area contributed by atoms with Crippen molar-refractivity contribution in [3.05, 3.63) is 89.4 Å². The van der Waals surface area contributed by atoms with Gasteiger partial charge in [0.1, 0.15) is 6.54 Å². The van der Waals surface area contributed by atoms with Crippen molar-refractivity contribution in [3.8, 4) is 0 Å². The van der Waals surface area contributed by atoms with Crippen molar-refractivity contribution >= 4 is 50.9 Å². The molecule has 0 saturated heterocycles. The second kappa shape index (κ2) is 15.2. The van der Waals surface area contributed by atoms with Gasteiger partial charge in [-0.2, -0.15) is 0 Å². The Bertz CT molecular complexity index is 1490. The second-order valence-electron chi connectivity index (χ2n) is 9.76. The Morgan fingerprint density at radius 1 is 0.929 bits per heavy atom. The first kappa shape index (κ1) is 32.4. The van der Waals surface area contributed by atoms with E-state index in [0.717, 1.165) is 9.87 Å². The fraction of sp³-hybridized carbons (Fsp3) is 0.276.